The van der Waals surface area contributed by atoms with Crippen LogP contribution in [-0.4, -0.2) is 5.91 Å². The van der Waals surface area contributed by atoms with Crippen LogP contribution >= 0.6 is 15.9 Å². The van der Waals surface area contributed by atoms with Gasteiger partial charge in [0.15, 0.2) is 0 Å². The maximum atomic E-state index is 13.6. The molecule has 0 aliphatic rings. The van der Waals surface area contributed by atoms with E-state index >= 15 is 0 Å². The molecule has 1 N–H and O–H groups in total. The van der Waals surface area contributed by atoms with Crippen molar-refractivity contribution < 1.29 is 18.0 Å². The van der Waals surface area contributed by atoms with E-state index in [0.717, 1.165) is 18.2 Å². The fourth-order valence-corrected chi connectivity index (χ4v) is 2.16. The van der Waals surface area contributed by atoms with Gasteiger partial charge in [0.2, 0.25) is 0 Å². The lowest BCUT2D eigenvalue weighted by Gasteiger charge is -2.16. The Labute approximate surface area is 128 Å². The smallest absolute Gasteiger partial charge is 0.251 e. The van der Waals surface area contributed by atoms with Gasteiger partial charge in [-0.05, 0) is 53.2 Å². The molecular formula is C15H11BrF3NO. The molecule has 0 bridgehead atoms. The van der Waals surface area contributed by atoms with Crippen molar-refractivity contribution in [3.63, 3.8) is 0 Å². The molecule has 21 heavy (non-hydrogen) atoms. The minimum absolute atomic E-state index is 0.0688. The zero-order valence-electron chi connectivity index (χ0n) is 11.0. The molecule has 0 aliphatic heterocycles. The highest BCUT2D eigenvalue weighted by Gasteiger charge is 2.19. The van der Waals surface area contributed by atoms with Crippen molar-refractivity contribution in [3.05, 3.63) is 69.4 Å². The number of hydrogen-bond acceptors (Lipinski definition) is 1. The number of carbonyl (C=O) groups excluding carboxylic acids is 1. The Morgan fingerprint density at radius 3 is 2.29 bits per heavy atom. The molecule has 0 radical (unpaired) electrons. The van der Waals surface area contributed by atoms with Crippen molar-refractivity contribution in [2.24, 2.45) is 0 Å². The molecule has 0 saturated carbocycles. The summed E-state index contributed by atoms with van der Waals surface area (Å²) in [5.74, 6) is -2.70. The lowest BCUT2D eigenvalue weighted by Crippen LogP contribution is -2.28. The van der Waals surface area contributed by atoms with Gasteiger partial charge in [-0.15, -0.1) is 0 Å². The average molecular weight is 358 g/mol. The van der Waals surface area contributed by atoms with Crippen LogP contribution in [0.3, 0.4) is 0 Å². The Morgan fingerprint density at radius 1 is 1.10 bits per heavy atom. The van der Waals surface area contributed by atoms with Crippen LogP contribution in [0.15, 0.2) is 40.9 Å². The summed E-state index contributed by atoms with van der Waals surface area (Å²) in [4.78, 5) is 12.0. The third kappa shape index (κ3) is 3.44. The maximum Gasteiger partial charge on any atom is 0.251 e. The van der Waals surface area contributed by atoms with E-state index in [4.69, 9.17) is 0 Å². The molecule has 2 rings (SSSR count). The Balaban J connectivity index is 2.21. The van der Waals surface area contributed by atoms with E-state index in [2.05, 4.69) is 21.2 Å². The summed E-state index contributed by atoms with van der Waals surface area (Å²) in [6.07, 6.45) is 0. The van der Waals surface area contributed by atoms with Gasteiger partial charge in [0.1, 0.15) is 17.5 Å². The van der Waals surface area contributed by atoms with Gasteiger partial charge in [-0.25, -0.2) is 13.2 Å². The van der Waals surface area contributed by atoms with Crippen molar-refractivity contribution in [1.29, 1.82) is 0 Å². The molecule has 1 unspecified atom stereocenters. The van der Waals surface area contributed by atoms with E-state index in [-0.39, 0.29) is 15.6 Å². The topological polar surface area (TPSA) is 29.1 Å². The monoisotopic (exact) mass is 357 g/mol. The minimum Gasteiger partial charge on any atom is -0.345 e. The molecule has 0 saturated heterocycles. The first-order valence-electron chi connectivity index (χ1n) is 6.10. The summed E-state index contributed by atoms with van der Waals surface area (Å²) in [6, 6.07) is 6.42. The number of hydrogen-bond donors (Lipinski definition) is 1. The molecule has 110 valence electrons. The average Bonchev–Trinajstić information content (AvgIpc) is 2.41. The predicted octanol–water partition coefficient (Wildman–Crippen LogP) is 4.36. The maximum absolute atomic E-state index is 13.6. The number of rotatable bonds is 3. The molecule has 2 aromatic rings. The van der Waals surface area contributed by atoms with Crippen molar-refractivity contribution in [2.45, 2.75) is 13.0 Å². The zero-order chi connectivity index (χ0) is 15.6. The van der Waals surface area contributed by atoms with Gasteiger partial charge in [0.25, 0.3) is 5.91 Å². The van der Waals surface area contributed by atoms with E-state index in [0.29, 0.717) is 0 Å². The second-order valence-corrected chi connectivity index (χ2v) is 5.31. The van der Waals surface area contributed by atoms with Gasteiger partial charge in [-0.3, -0.25) is 4.79 Å². The molecule has 0 spiro atoms. The van der Waals surface area contributed by atoms with Crippen LogP contribution in [-0.2, 0) is 0 Å². The number of halogens is 4. The third-order valence-corrected chi connectivity index (χ3v) is 3.61. The molecular weight excluding hydrogens is 347 g/mol. The predicted molar refractivity (Wildman–Crippen MR) is 76.3 cm³/mol. The van der Waals surface area contributed by atoms with Crippen LogP contribution in [0.4, 0.5) is 13.2 Å². The van der Waals surface area contributed by atoms with Crippen molar-refractivity contribution in [3.8, 4) is 0 Å². The quantitative estimate of drug-likeness (QED) is 0.868. The fraction of sp³-hybridized carbons (Fsp3) is 0.133. The number of nitrogens with one attached hydrogen (secondary N) is 1. The number of benzene rings is 2. The van der Waals surface area contributed by atoms with E-state index in [1.165, 1.54) is 25.1 Å². The first-order valence-corrected chi connectivity index (χ1v) is 6.89. The molecule has 6 heteroatoms. The van der Waals surface area contributed by atoms with E-state index < -0.39 is 29.4 Å². The molecule has 0 aliphatic carbocycles. The van der Waals surface area contributed by atoms with Gasteiger partial charge in [0, 0.05) is 11.1 Å². The largest absolute Gasteiger partial charge is 0.345 e. The Hall–Kier alpha value is -1.82. The van der Waals surface area contributed by atoms with E-state index in [1.54, 1.807) is 0 Å². The molecule has 0 aromatic heterocycles. The summed E-state index contributed by atoms with van der Waals surface area (Å²) < 4.78 is 40.8. The Bertz CT molecular complexity index is 670. The van der Waals surface area contributed by atoms with Crippen LogP contribution in [0, 0.1) is 17.5 Å². The Kier molecular flexibility index (Phi) is 4.67. The highest BCUT2D eigenvalue weighted by Crippen LogP contribution is 2.21. The molecule has 2 nitrogen and oxygen atoms in total. The summed E-state index contributed by atoms with van der Waals surface area (Å²) in [5, 5.41) is 2.44. The molecule has 1 amide bonds. The lowest BCUT2D eigenvalue weighted by molar-refractivity contribution is 0.0938. The Morgan fingerprint density at radius 2 is 1.71 bits per heavy atom. The van der Waals surface area contributed by atoms with Gasteiger partial charge in [0.05, 0.1) is 10.5 Å². The van der Waals surface area contributed by atoms with Crippen LogP contribution in [0.1, 0.15) is 28.9 Å². The third-order valence-electron chi connectivity index (χ3n) is 2.96. The lowest BCUT2D eigenvalue weighted by atomic mass is 10.1. The van der Waals surface area contributed by atoms with Crippen LogP contribution in [0.25, 0.3) is 0 Å². The van der Waals surface area contributed by atoms with Crippen LogP contribution < -0.4 is 5.32 Å². The molecule has 1 atom stereocenters. The van der Waals surface area contributed by atoms with E-state index in [1.807, 2.05) is 0 Å². The SMILES string of the molecule is CC(NC(=O)c1ccc(Br)c(F)c1)c1c(F)cccc1F. The second kappa shape index (κ2) is 6.30. The zero-order valence-corrected chi connectivity index (χ0v) is 12.5. The van der Waals surface area contributed by atoms with E-state index in [9.17, 15) is 18.0 Å². The first kappa shape index (κ1) is 15.6. The molecule has 0 heterocycles. The summed E-state index contributed by atoms with van der Waals surface area (Å²) in [5.41, 5.74) is -0.164. The van der Waals surface area contributed by atoms with Gasteiger partial charge < -0.3 is 5.32 Å². The fourth-order valence-electron chi connectivity index (χ4n) is 1.91. The van der Waals surface area contributed by atoms with Crippen molar-refractivity contribution >= 4 is 21.8 Å². The molecule has 0 fully saturated rings. The standard InChI is InChI=1S/C15H11BrF3NO/c1-8(14-11(17)3-2-4-12(14)18)20-15(21)9-5-6-10(16)13(19)7-9/h2-8H,1H3,(H,20,21). The van der Waals surface area contributed by atoms with Gasteiger partial charge in [-0.1, -0.05) is 6.07 Å². The van der Waals surface area contributed by atoms with Crippen LogP contribution in [0.2, 0.25) is 0 Å². The first-order chi connectivity index (χ1) is 9.90. The minimum atomic E-state index is -0.884. The van der Waals surface area contributed by atoms with Gasteiger partial charge >= 0.3 is 0 Å². The number of amides is 1. The highest BCUT2D eigenvalue weighted by molar-refractivity contribution is 9.10. The van der Waals surface area contributed by atoms with Crippen molar-refractivity contribution in [2.75, 3.05) is 0 Å². The van der Waals surface area contributed by atoms with Crippen molar-refractivity contribution in [1.82, 2.24) is 5.32 Å². The summed E-state index contributed by atoms with van der Waals surface area (Å²) >= 11 is 2.98. The van der Waals surface area contributed by atoms with Gasteiger partial charge in [-0.2, -0.15) is 0 Å². The second-order valence-electron chi connectivity index (χ2n) is 4.46. The van der Waals surface area contributed by atoms with Crippen LogP contribution in [0.5, 0.6) is 0 Å². The summed E-state index contributed by atoms with van der Waals surface area (Å²) in [6.45, 7) is 1.45. The highest BCUT2D eigenvalue weighted by atomic mass is 79.9. The normalized spacial score (nSPS) is 12.0. The summed E-state index contributed by atoms with van der Waals surface area (Å²) in [7, 11) is 0. The molecule has 2 aromatic carbocycles. The number of carbonyl (C=O) groups is 1.